The molecule has 0 radical (unpaired) electrons. The fraction of sp³-hybridized carbons (Fsp3) is 0. The molecule has 0 aliphatic rings. The third kappa shape index (κ3) is 3.56. The van der Waals surface area contributed by atoms with Crippen molar-refractivity contribution in [3.05, 3.63) is 71.8 Å². The summed E-state index contributed by atoms with van der Waals surface area (Å²) in [6.45, 7) is 0. The Morgan fingerprint density at radius 3 is 2.23 bits per heavy atom. The second-order valence-corrected chi connectivity index (χ2v) is 5.11. The number of rotatable bonds is 5. The number of anilines is 4. The van der Waals surface area contributed by atoms with Crippen molar-refractivity contribution in [1.82, 2.24) is 9.97 Å². The average Bonchev–Trinajstić information content (AvgIpc) is 2.63. The third-order valence-electron chi connectivity index (χ3n) is 3.39. The van der Waals surface area contributed by atoms with E-state index >= 15 is 0 Å². The lowest BCUT2D eigenvalue weighted by atomic mass is 10.2. The Morgan fingerprint density at radius 2 is 1.54 bits per heavy atom. The summed E-state index contributed by atoms with van der Waals surface area (Å²) < 4.78 is 40.0. The van der Waals surface area contributed by atoms with E-state index in [1.165, 1.54) is 12.1 Å². The molecule has 1 aromatic heterocycles. The van der Waals surface area contributed by atoms with Crippen LogP contribution in [0, 0.1) is 17.5 Å². The van der Waals surface area contributed by atoms with Gasteiger partial charge in [-0.05, 0) is 24.3 Å². The first kappa shape index (κ1) is 17.2. The zero-order valence-electron chi connectivity index (χ0n) is 13.0. The highest BCUT2D eigenvalue weighted by molar-refractivity contribution is 5.95. The molecule has 0 unspecified atom stereocenters. The van der Waals surface area contributed by atoms with Gasteiger partial charge in [0.2, 0.25) is 0 Å². The molecule has 26 heavy (non-hydrogen) atoms. The number of para-hydroxylation sites is 1. The molecule has 3 N–H and O–H groups in total. The van der Waals surface area contributed by atoms with Crippen LogP contribution in [0.2, 0.25) is 0 Å². The number of benzene rings is 2. The van der Waals surface area contributed by atoms with Crippen molar-refractivity contribution in [3.8, 4) is 0 Å². The molecule has 9 heteroatoms. The van der Waals surface area contributed by atoms with Crippen LogP contribution in [0.15, 0.2) is 48.8 Å². The van der Waals surface area contributed by atoms with Crippen molar-refractivity contribution in [2.45, 2.75) is 0 Å². The van der Waals surface area contributed by atoms with E-state index in [-0.39, 0.29) is 22.9 Å². The molecule has 0 spiro atoms. The summed E-state index contributed by atoms with van der Waals surface area (Å²) in [5.74, 6) is -5.08. The number of halogens is 3. The van der Waals surface area contributed by atoms with Crippen LogP contribution in [0.3, 0.4) is 0 Å². The van der Waals surface area contributed by atoms with Crippen LogP contribution in [0.1, 0.15) is 10.4 Å². The number of nitrogens with one attached hydrogen (secondary N) is 2. The summed E-state index contributed by atoms with van der Waals surface area (Å²) in [6, 6.07) is 9.36. The van der Waals surface area contributed by atoms with Gasteiger partial charge in [-0.1, -0.05) is 12.1 Å². The van der Waals surface area contributed by atoms with Crippen molar-refractivity contribution in [3.63, 3.8) is 0 Å². The highest BCUT2D eigenvalue weighted by atomic mass is 19.2. The predicted octanol–water partition coefficient (Wildman–Crippen LogP) is 4.08. The minimum atomic E-state index is -1.60. The van der Waals surface area contributed by atoms with Gasteiger partial charge < -0.3 is 15.7 Å². The second-order valence-electron chi connectivity index (χ2n) is 5.11. The van der Waals surface area contributed by atoms with Crippen molar-refractivity contribution >= 4 is 29.0 Å². The lowest BCUT2D eigenvalue weighted by molar-refractivity contribution is 0.0698. The topological polar surface area (TPSA) is 87.1 Å². The third-order valence-corrected chi connectivity index (χ3v) is 3.39. The maximum atomic E-state index is 13.7. The Morgan fingerprint density at radius 1 is 0.885 bits per heavy atom. The van der Waals surface area contributed by atoms with Crippen LogP contribution >= 0.6 is 0 Å². The summed E-state index contributed by atoms with van der Waals surface area (Å²) in [7, 11) is 0. The number of carboxylic acid groups (broad SMARTS) is 1. The Bertz CT molecular complexity index is 982. The standard InChI is InChI=1S/C17H11F3N4O2/c18-10-5-6-12(16(20)15(10)19)24-14-7-13(21-8-22-14)23-11-4-2-1-3-9(11)17(25)26/h1-8H,(H,25,26)(H2,21,22,23,24). The number of nitrogens with zero attached hydrogens (tertiary/aromatic N) is 2. The molecule has 3 aromatic rings. The van der Waals surface area contributed by atoms with Crippen LogP contribution in [0.25, 0.3) is 0 Å². The molecule has 0 amide bonds. The zero-order chi connectivity index (χ0) is 18.7. The number of carboxylic acids is 1. The summed E-state index contributed by atoms with van der Waals surface area (Å²) in [5.41, 5.74) is 0.0235. The number of hydrogen-bond donors (Lipinski definition) is 3. The molecule has 132 valence electrons. The minimum Gasteiger partial charge on any atom is -0.478 e. The summed E-state index contributed by atoms with van der Waals surface area (Å²) in [5, 5.41) is 14.5. The molecule has 3 rings (SSSR count). The SMILES string of the molecule is O=C(O)c1ccccc1Nc1cc(Nc2ccc(F)c(F)c2F)ncn1. The van der Waals surface area contributed by atoms with Crippen LogP contribution in [0.5, 0.6) is 0 Å². The molecule has 0 fully saturated rings. The van der Waals surface area contributed by atoms with E-state index in [4.69, 9.17) is 0 Å². The van der Waals surface area contributed by atoms with Crippen LogP contribution < -0.4 is 10.6 Å². The van der Waals surface area contributed by atoms with Gasteiger partial charge in [-0.2, -0.15) is 0 Å². The van der Waals surface area contributed by atoms with E-state index in [2.05, 4.69) is 20.6 Å². The molecule has 1 heterocycles. The molecule has 0 atom stereocenters. The van der Waals surface area contributed by atoms with E-state index in [0.29, 0.717) is 5.69 Å². The van der Waals surface area contributed by atoms with Gasteiger partial charge in [-0.25, -0.2) is 27.9 Å². The molecule has 0 saturated heterocycles. The maximum Gasteiger partial charge on any atom is 0.337 e. The van der Waals surface area contributed by atoms with Gasteiger partial charge in [0.25, 0.3) is 0 Å². The molecular formula is C17H11F3N4O2. The summed E-state index contributed by atoms with van der Waals surface area (Å²) in [6.07, 6.45) is 1.14. The summed E-state index contributed by atoms with van der Waals surface area (Å²) >= 11 is 0. The molecule has 0 aliphatic heterocycles. The molecule has 0 saturated carbocycles. The number of hydrogen-bond acceptors (Lipinski definition) is 5. The highest BCUT2D eigenvalue weighted by Gasteiger charge is 2.14. The highest BCUT2D eigenvalue weighted by Crippen LogP contribution is 2.25. The van der Waals surface area contributed by atoms with Crippen LogP contribution in [-0.4, -0.2) is 21.0 Å². The Labute approximate surface area is 145 Å². The van der Waals surface area contributed by atoms with E-state index in [1.54, 1.807) is 18.2 Å². The Hall–Kier alpha value is -3.62. The molecular weight excluding hydrogens is 349 g/mol. The molecule has 2 aromatic carbocycles. The number of aromatic carboxylic acids is 1. The fourth-order valence-electron chi connectivity index (χ4n) is 2.17. The lowest BCUT2D eigenvalue weighted by Gasteiger charge is -2.11. The number of carbonyl (C=O) groups is 1. The van der Waals surface area contributed by atoms with E-state index in [1.807, 2.05) is 0 Å². The monoisotopic (exact) mass is 360 g/mol. The van der Waals surface area contributed by atoms with E-state index in [9.17, 15) is 23.1 Å². The first-order chi connectivity index (χ1) is 12.5. The lowest BCUT2D eigenvalue weighted by Crippen LogP contribution is -2.05. The largest absolute Gasteiger partial charge is 0.478 e. The van der Waals surface area contributed by atoms with Crippen LogP contribution in [0.4, 0.5) is 36.2 Å². The average molecular weight is 360 g/mol. The summed E-state index contributed by atoms with van der Waals surface area (Å²) in [4.78, 5) is 19.0. The smallest absolute Gasteiger partial charge is 0.337 e. The van der Waals surface area contributed by atoms with Crippen molar-refractivity contribution in [2.24, 2.45) is 0 Å². The number of aromatic nitrogens is 2. The maximum absolute atomic E-state index is 13.7. The van der Waals surface area contributed by atoms with Gasteiger partial charge in [0.05, 0.1) is 16.9 Å². The first-order valence-corrected chi connectivity index (χ1v) is 7.27. The molecule has 6 nitrogen and oxygen atoms in total. The minimum absolute atomic E-state index is 0.0345. The molecule has 0 bridgehead atoms. The van der Waals surface area contributed by atoms with Gasteiger partial charge in [0, 0.05) is 6.07 Å². The van der Waals surface area contributed by atoms with Gasteiger partial charge >= 0.3 is 5.97 Å². The van der Waals surface area contributed by atoms with Gasteiger partial charge in [0.15, 0.2) is 17.5 Å². The predicted molar refractivity (Wildman–Crippen MR) is 88.3 cm³/mol. The fourth-order valence-corrected chi connectivity index (χ4v) is 2.17. The van der Waals surface area contributed by atoms with Crippen molar-refractivity contribution in [1.29, 1.82) is 0 Å². The van der Waals surface area contributed by atoms with Crippen LogP contribution in [-0.2, 0) is 0 Å². The van der Waals surface area contributed by atoms with Gasteiger partial charge in [-0.3, -0.25) is 0 Å². The van der Waals surface area contributed by atoms with Crippen molar-refractivity contribution in [2.75, 3.05) is 10.6 Å². The van der Waals surface area contributed by atoms with Gasteiger partial charge in [0.1, 0.15) is 18.0 Å². The Balaban J connectivity index is 1.86. The molecule has 0 aliphatic carbocycles. The second kappa shape index (κ2) is 7.09. The van der Waals surface area contributed by atoms with E-state index in [0.717, 1.165) is 18.5 Å². The Kier molecular flexibility index (Phi) is 4.70. The van der Waals surface area contributed by atoms with E-state index < -0.39 is 23.4 Å². The normalized spacial score (nSPS) is 10.4. The quantitative estimate of drug-likeness (QED) is 0.595. The first-order valence-electron chi connectivity index (χ1n) is 7.27. The van der Waals surface area contributed by atoms with Gasteiger partial charge in [-0.15, -0.1) is 0 Å². The van der Waals surface area contributed by atoms with Crippen molar-refractivity contribution < 1.29 is 23.1 Å². The zero-order valence-corrected chi connectivity index (χ0v) is 13.0.